The second kappa shape index (κ2) is 7.99. The molecule has 2 aliphatic heterocycles. The predicted molar refractivity (Wildman–Crippen MR) is 95.7 cm³/mol. The normalized spacial score (nSPS) is 20.8. The minimum absolute atomic E-state index is 0.0209. The maximum absolute atomic E-state index is 12.4. The molecule has 0 radical (unpaired) electrons. The van der Waals surface area contributed by atoms with Crippen LogP contribution in [-0.4, -0.2) is 41.2 Å². The number of hydrogen-bond acceptors (Lipinski definition) is 6. The number of amides is 1. The van der Waals surface area contributed by atoms with Crippen molar-refractivity contribution in [1.29, 1.82) is 0 Å². The zero-order valence-electron chi connectivity index (χ0n) is 15.2. The number of ether oxygens (including phenoxy) is 2. The summed E-state index contributed by atoms with van der Waals surface area (Å²) in [5.74, 6) is 0.990. The average Bonchev–Trinajstić information content (AvgIpc) is 3.17. The van der Waals surface area contributed by atoms with Crippen LogP contribution in [0.1, 0.15) is 57.9 Å². The molecule has 0 aromatic carbocycles. The van der Waals surface area contributed by atoms with E-state index in [-0.39, 0.29) is 24.4 Å². The summed E-state index contributed by atoms with van der Waals surface area (Å²) in [4.78, 5) is 22.8. The van der Waals surface area contributed by atoms with Crippen molar-refractivity contribution in [2.24, 2.45) is 0 Å². The Balaban J connectivity index is 1.68. The Hall–Kier alpha value is -1.89. The fourth-order valence-electron chi connectivity index (χ4n) is 3.50. The Labute approximate surface area is 148 Å². The third-order valence-electron chi connectivity index (χ3n) is 4.82. The molecule has 2 aliphatic rings. The van der Waals surface area contributed by atoms with Crippen molar-refractivity contribution >= 4 is 17.5 Å². The Kier molecular flexibility index (Phi) is 5.73. The first-order valence-electron chi connectivity index (χ1n) is 9.33. The number of nitrogens with two attached hydrogens (primary N) is 1. The minimum Gasteiger partial charge on any atom is -0.460 e. The van der Waals surface area contributed by atoms with E-state index in [0.29, 0.717) is 24.3 Å². The van der Waals surface area contributed by atoms with Gasteiger partial charge in [-0.1, -0.05) is 13.3 Å². The van der Waals surface area contributed by atoms with Crippen LogP contribution in [0.5, 0.6) is 6.01 Å². The zero-order chi connectivity index (χ0) is 17.8. The SMILES string of the molecule is CCC[C@@H](C)Oc1nc(N)c2c(n1)N(CCCC1CCCO1)C(=O)C2. The maximum Gasteiger partial charge on any atom is 0.320 e. The van der Waals surface area contributed by atoms with Crippen LogP contribution >= 0.6 is 0 Å². The molecule has 1 fully saturated rings. The molecule has 25 heavy (non-hydrogen) atoms. The average molecular weight is 348 g/mol. The number of hydrogen-bond donors (Lipinski definition) is 1. The molecule has 2 atom stereocenters. The van der Waals surface area contributed by atoms with E-state index in [0.717, 1.165) is 50.7 Å². The molecule has 1 unspecified atom stereocenters. The van der Waals surface area contributed by atoms with Crippen molar-refractivity contribution < 1.29 is 14.3 Å². The highest BCUT2D eigenvalue weighted by molar-refractivity contribution is 6.01. The van der Waals surface area contributed by atoms with E-state index in [2.05, 4.69) is 16.9 Å². The van der Waals surface area contributed by atoms with E-state index in [9.17, 15) is 4.79 Å². The van der Waals surface area contributed by atoms with Gasteiger partial charge in [0.2, 0.25) is 5.91 Å². The molecule has 3 heterocycles. The first-order chi connectivity index (χ1) is 12.1. The van der Waals surface area contributed by atoms with E-state index in [4.69, 9.17) is 15.2 Å². The maximum atomic E-state index is 12.4. The van der Waals surface area contributed by atoms with Crippen LogP contribution < -0.4 is 15.4 Å². The van der Waals surface area contributed by atoms with Crippen molar-refractivity contribution in [3.05, 3.63) is 5.56 Å². The summed E-state index contributed by atoms with van der Waals surface area (Å²) in [6.45, 7) is 5.58. The molecule has 1 amide bonds. The van der Waals surface area contributed by atoms with E-state index >= 15 is 0 Å². The molecular formula is C18H28N4O3. The van der Waals surface area contributed by atoms with Gasteiger partial charge in [0, 0.05) is 18.7 Å². The van der Waals surface area contributed by atoms with Gasteiger partial charge >= 0.3 is 6.01 Å². The summed E-state index contributed by atoms with van der Waals surface area (Å²) in [7, 11) is 0. The Morgan fingerprint density at radius 1 is 1.44 bits per heavy atom. The van der Waals surface area contributed by atoms with Crippen molar-refractivity contribution in [1.82, 2.24) is 9.97 Å². The summed E-state index contributed by atoms with van der Waals surface area (Å²) < 4.78 is 11.4. The van der Waals surface area contributed by atoms with Gasteiger partial charge in [-0.2, -0.15) is 9.97 Å². The van der Waals surface area contributed by atoms with Gasteiger partial charge in [-0.05, 0) is 39.0 Å². The van der Waals surface area contributed by atoms with Crippen LogP contribution in [0.25, 0.3) is 0 Å². The van der Waals surface area contributed by atoms with Crippen LogP contribution in [0, 0.1) is 0 Å². The lowest BCUT2D eigenvalue weighted by Crippen LogP contribution is -2.29. The lowest BCUT2D eigenvalue weighted by molar-refractivity contribution is -0.117. The molecule has 0 saturated carbocycles. The molecule has 0 aliphatic carbocycles. The van der Waals surface area contributed by atoms with Crippen LogP contribution in [0.2, 0.25) is 0 Å². The van der Waals surface area contributed by atoms with E-state index in [1.165, 1.54) is 0 Å². The zero-order valence-corrected chi connectivity index (χ0v) is 15.2. The summed E-state index contributed by atoms with van der Waals surface area (Å²) in [5, 5.41) is 0. The molecule has 7 nitrogen and oxygen atoms in total. The number of carbonyl (C=O) groups excluding carboxylic acids is 1. The summed E-state index contributed by atoms with van der Waals surface area (Å²) in [6.07, 6.45) is 6.68. The lowest BCUT2D eigenvalue weighted by atomic mass is 10.1. The van der Waals surface area contributed by atoms with Gasteiger partial charge in [0.25, 0.3) is 0 Å². The molecule has 1 aromatic rings. The highest BCUT2D eigenvalue weighted by Crippen LogP contribution is 2.32. The second-order valence-corrected chi connectivity index (χ2v) is 6.91. The minimum atomic E-state index is 0.0209. The monoisotopic (exact) mass is 348 g/mol. The topological polar surface area (TPSA) is 90.6 Å². The number of rotatable bonds is 8. The fraction of sp³-hybridized carbons (Fsp3) is 0.722. The molecule has 2 N–H and O–H groups in total. The predicted octanol–water partition coefficient (Wildman–Crippen LogP) is 2.47. The van der Waals surface area contributed by atoms with Gasteiger partial charge in [0.05, 0.1) is 18.6 Å². The quantitative estimate of drug-likeness (QED) is 0.776. The molecular weight excluding hydrogens is 320 g/mol. The smallest absolute Gasteiger partial charge is 0.320 e. The van der Waals surface area contributed by atoms with Crippen LogP contribution in [0.15, 0.2) is 0 Å². The Morgan fingerprint density at radius 3 is 3.00 bits per heavy atom. The largest absolute Gasteiger partial charge is 0.460 e. The standard InChI is InChI=1S/C18H28N4O3/c1-3-6-12(2)25-18-20-16(19)14-11-15(23)22(17(14)21-18)9-4-7-13-8-5-10-24-13/h12-13H,3-11H2,1-2H3,(H2,19,20,21)/t12-,13?/m1/s1. The highest BCUT2D eigenvalue weighted by atomic mass is 16.5. The third kappa shape index (κ3) is 4.21. The molecule has 7 heteroatoms. The number of nitrogens with zero attached hydrogens (tertiary/aromatic N) is 3. The number of nitrogen functional groups attached to an aromatic ring is 1. The third-order valence-corrected chi connectivity index (χ3v) is 4.82. The van der Waals surface area contributed by atoms with Crippen molar-refractivity contribution in [2.75, 3.05) is 23.8 Å². The van der Waals surface area contributed by atoms with E-state index in [1.54, 1.807) is 4.90 Å². The van der Waals surface area contributed by atoms with Gasteiger partial charge in [0.1, 0.15) is 11.6 Å². The Morgan fingerprint density at radius 2 is 2.28 bits per heavy atom. The van der Waals surface area contributed by atoms with E-state index in [1.807, 2.05) is 6.92 Å². The fourth-order valence-corrected chi connectivity index (χ4v) is 3.50. The highest BCUT2D eigenvalue weighted by Gasteiger charge is 2.32. The van der Waals surface area contributed by atoms with Crippen LogP contribution in [0.4, 0.5) is 11.6 Å². The summed E-state index contributed by atoms with van der Waals surface area (Å²) >= 11 is 0. The number of fused-ring (bicyclic) bond motifs is 1. The number of aromatic nitrogens is 2. The lowest BCUT2D eigenvalue weighted by Gasteiger charge is -2.19. The van der Waals surface area contributed by atoms with Crippen molar-refractivity contribution in [3.63, 3.8) is 0 Å². The molecule has 1 aromatic heterocycles. The Bertz CT molecular complexity index is 617. The van der Waals surface area contributed by atoms with Gasteiger partial charge in [-0.25, -0.2) is 0 Å². The van der Waals surface area contributed by atoms with Gasteiger partial charge in [-0.3, -0.25) is 9.69 Å². The van der Waals surface area contributed by atoms with Crippen LogP contribution in [-0.2, 0) is 16.0 Å². The first-order valence-corrected chi connectivity index (χ1v) is 9.33. The molecule has 3 rings (SSSR count). The number of carbonyl (C=O) groups is 1. The van der Waals surface area contributed by atoms with Gasteiger partial charge < -0.3 is 15.2 Å². The van der Waals surface area contributed by atoms with Crippen molar-refractivity contribution in [3.8, 4) is 6.01 Å². The second-order valence-electron chi connectivity index (χ2n) is 6.91. The molecule has 0 bridgehead atoms. The molecule has 1 saturated heterocycles. The number of anilines is 2. The van der Waals surface area contributed by atoms with Crippen molar-refractivity contribution in [2.45, 2.75) is 71.0 Å². The van der Waals surface area contributed by atoms with E-state index < -0.39 is 0 Å². The van der Waals surface area contributed by atoms with Gasteiger partial charge in [0.15, 0.2) is 0 Å². The first kappa shape index (κ1) is 17.9. The van der Waals surface area contributed by atoms with Gasteiger partial charge in [-0.15, -0.1) is 0 Å². The van der Waals surface area contributed by atoms with Crippen LogP contribution in [0.3, 0.4) is 0 Å². The summed E-state index contributed by atoms with van der Waals surface area (Å²) in [6, 6.07) is 0.260. The molecule has 0 spiro atoms. The summed E-state index contributed by atoms with van der Waals surface area (Å²) in [5.41, 5.74) is 6.77. The molecule has 138 valence electrons.